The molecule has 0 aromatic carbocycles. The van der Waals surface area contributed by atoms with Crippen molar-refractivity contribution in [3.05, 3.63) is 0 Å². The first-order valence-electron chi connectivity index (χ1n) is 16.7. The summed E-state index contributed by atoms with van der Waals surface area (Å²) < 4.78 is 31.0. The average Bonchev–Trinajstić information content (AvgIpc) is 2.77. The van der Waals surface area contributed by atoms with Gasteiger partial charge in [-0.3, -0.25) is 4.79 Å². The van der Waals surface area contributed by atoms with Gasteiger partial charge in [0.1, 0.15) is 6.61 Å². The summed E-state index contributed by atoms with van der Waals surface area (Å²) >= 11 is 0. The molecule has 0 aliphatic heterocycles. The average molecular weight is 615 g/mol. The summed E-state index contributed by atoms with van der Waals surface area (Å²) in [6, 6.07) is 0. The number of hydrogen-bond acceptors (Lipinski definition) is 6. The zero-order valence-electron chi connectivity index (χ0n) is 32.1. The first kappa shape index (κ1) is 42.3. The maximum atomic E-state index is 12.9. The van der Waals surface area contributed by atoms with Crippen molar-refractivity contribution in [3.63, 3.8) is 0 Å². The molecule has 2 unspecified atom stereocenters. The van der Waals surface area contributed by atoms with Gasteiger partial charge in [-0.2, -0.15) is 0 Å². The minimum atomic E-state index is -0.436. The van der Waals surface area contributed by atoms with Crippen LogP contribution < -0.4 is 0 Å². The Morgan fingerprint density at radius 2 is 1.16 bits per heavy atom. The molecule has 0 spiro atoms. The highest BCUT2D eigenvalue weighted by atomic mass is 16.6. The number of carbonyl (C=O) groups excluding carboxylic acids is 1. The quantitative estimate of drug-likeness (QED) is 0.107. The molecule has 0 amide bonds. The van der Waals surface area contributed by atoms with Crippen molar-refractivity contribution in [2.45, 2.75) is 180 Å². The van der Waals surface area contributed by atoms with Crippen LogP contribution in [0.1, 0.15) is 151 Å². The molecule has 0 saturated heterocycles. The third-order valence-electron chi connectivity index (χ3n) is 9.98. The van der Waals surface area contributed by atoms with Gasteiger partial charge in [0.25, 0.3) is 0 Å². The predicted octanol–water partition coefficient (Wildman–Crippen LogP) is 9.66. The van der Waals surface area contributed by atoms with Gasteiger partial charge in [0.15, 0.2) is 0 Å². The van der Waals surface area contributed by atoms with Gasteiger partial charge in [0.2, 0.25) is 0 Å². The van der Waals surface area contributed by atoms with Crippen molar-refractivity contribution in [2.75, 3.05) is 26.4 Å². The molecule has 0 aromatic heterocycles. The summed E-state index contributed by atoms with van der Waals surface area (Å²) in [4.78, 5) is 12.9. The maximum Gasteiger partial charge on any atom is 0.309 e. The molecule has 0 bridgehead atoms. The van der Waals surface area contributed by atoms with Crippen LogP contribution in [0.5, 0.6) is 0 Å². The van der Waals surface area contributed by atoms with E-state index in [2.05, 4.69) is 132 Å². The lowest BCUT2D eigenvalue weighted by atomic mass is 9.71. The third kappa shape index (κ3) is 14.5. The fraction of sp³-hybridized carbons (Fsp3) is 0.973. The second-order valence-corrected chi connectivity index (χ2v) is 18.1. The van der Waals surface area contributed by atoms with Crippen molar-refractivity contribution in [2.24, 2.45) is 27.6 Å². The Hall–Kier alpha value is -0.690. The molecule has 0 rings (SSSR count). The SMILES string of the molecule is CC(C)OCCC(C)(C)C(C)(C)OC(C)C(C)(C)C(C)(C)OCCC(C)(C)OCCOC(=O)C(CC(C)(C)C)C(C)(C)C. The molecule has 43 heavy (non-hydrogen) atoms. The molecule has 6 nitrogen and oxygen atoms in total. The van der Waals surface area contributed by atoms with E-state index in [1.165, 1.54) is 0 Å². The first-order valence-corrected chi connectivity index (χ1v) is 16.7. The van der Waals surface area contributed by atoms with Crippen LogP contribution in [-0.2, 0) is 28.5 Å². The van der Waals surface area contributed by atoms with Crippen LogP contribution in [0.4, 0.5) is 0 Å². The Bertz CT molecular complexity index is 823. The lowest BCUT2D eigenvalue weighted by molar-refractivity contribution is -0.213. The topological polar surface area (TPSA) is 63.2 Å². The van der Waals surface area contributed by atoms with E-state index in [1.54, 1.807) is 0 Å². The highest BCUT2D eigenvalue weighted by Gasteiger charge is 2.47. The van der Waals surface area contributed by atoms with Crippen molar-refractivity contribution in [1.82, 2.24) is 0 Å². The minimum absolute atomic E-state index is 0.0445. The Morgan fingerprint density at radius 1 is 0.628 bits per heavy atom. The zero-order valence-corrected chi connectivity index (χ0v) is 32.1. The Morgan fingerprint density at radius 3 is 1.63 bits per heavy atom. The fourth-order valence-electron chi connectivity index (χ4n) is 4.82. The van der Waals surface area contributed by atoms with Crippen LogP contribution in [0.25, 0.3) is 0 Å². The van der Waals surface area contributed by atoms with E-state index < -0.39 is 11.2 Å². The maximum absolute atomic E-state index is 12.9. The number of rotatable bonds is 19. The van der Waals surface area contributed by atoms with E-state index in [4.69, 9.17) is 23.7 Å². The summed E-state index contributed by atoms with van der Waals surface area (Å²) in [6.07, 6.45) is 2.62. The van der Waals surface area contributed by atoms with E-state index in [9.17, 15) is 4.79 Å². The van der Waals surface area contributed by atoms with Crippen LogP contribution in [-0.4, -0.2) is 61.4 Å². The van der Waals surface area contributed by atoms with Gasteiger partial charge in [-0.25, -0.2) is 0 Å². The van der Waals surface area contributed by atoms with Gasteiger partial charge in [-0.15, -0.1) is 0 Å². The van der Waals surface area contributed by atoms with Crippen molar-refractivity contribution in [3.8, 4) is 0 Å². The summed E-state index contributed by atoms with van der Waals surface area (Å²) in [7, 11) is 0. The summed E-state index contributed by atoms with van der Waals surface area (Å²) in [5.74, 6) is -0.288. The van der Waals surface area contributed by atoms with Crippen LogP contribution in [0.15, 0.2) is 0 Å². The standard InChI is InChI=1S/C37H74O6/c1-27(2)39-22-20-33(10,11)36(16,17)43-28(3)35(14,15)37(18,19)42-23-21-34(12,13)41-25-24-40-30(38)29(32(7,8)9)26-31(4,5)6/h27-29H,20-26H2,1-19H3. The summed E-state index contributed by atoms with van der Waals surface area (Å²) in [5, 5.41) is 0. The van der Waals surface area contributed by atoms with Crippen LogP contribution >= 0.6 is 0 Å². The second kappa shape index (κ2) is 15.7. The van der Waals surface area contributed by atoms with Gasteiger partial charge >= 0.3 is 5.97 Å². The molecule has 0 heterocycles. The van der Waals surface area contributed by atoms with Crippen LogP contribution in [0, 0.1) is 27.6 Å². The number of esters is 1. The fourth-order valence-corrected chi connectivity index (χ4v) is 4.82. The Kier molecular flexibility index (Phi) is 15.5. The van der Waals surface area contributed by atoms with E-state index >= 15 is 0 Å². The molecular weight excluding hydrogens is 540 g/mol. The van der Waals surface area contributed by atoms with E-state index in [-0.39, 0.29) is 58.0 Å². The number of carbonyl (C=O) groups is 1. The van der Waals surface area contributed by atoms with Crippen LogP contribution in [0.2, 0.25) is 0 Å². The van der Waals surface area contributed by atoms with Gasteiger partial charge in [-0.05, 0) is 97.8 Å². The molecule has 6 heteroatoms. The zero-order chi connectivity index (χ0) is 34.3. The summed E-state index contributed by atoms with van der Waals surface area (Å²) in [6.45, 7) is 42.8. The molecule has 0 saturated carbocycles. The predicted molar refractivity (Wildman–Crippen MR) is 181 cm³/mol. The highest BCUT2D eigenvalue weighted by Crippen LogP contribution is 2.44. The third-order valence-corrected chi connectivity index (χ3v) is 9.98. The normalized spacial score (nSPS) is 16.0. The molecule has 0 N–H and O–H groups in total. The molecule has 0 radical (unpaired) electrons. The summed E-state index contributed by atoms with van der Waals surface area (Å²) in [5.41, 5.74) is -1.62. The van der Waals surface area contributed by atoms with E-state index in [1.807, 2.05) is 0 Å². The molecule has 0 aliphatic carbocycles. The van der Waals surface area contributed by atoms with Crippen LogP contribution in [0.3, 0.4) is 0 Å². The number of ether oxygens (including phenoxy) is 5. The molecule has 0 aliphatic rings. The molecule has 258 valence electrons. The second-order valence-electron chi connectivity index (χ2n) is 18.1. The van der Waals surface area contributed by atoms with Crippen molar-refractivity contribution >= 4 is 5.97 Å². The lowest BCUT2D eigenvalue weighted by Gasteiger charge is -2.50. The van der Waals surface area contributed by atoms with Crippen molar-refractivity contribution in [1.29, 1.82) is 0 Å². The van der Waals surface area contributed by atoms with Gasteiger partial charge in [0, 0.05) is 12.0 Å². The smallest absolute Gasteiger partial charge is 0.309 e. The van der Waals surface area contributed by atoms with E-state index in [0.29, 0.717) is 13.2 Å². The lowest BCUT2D eigenvalue weighted by Crippen LogP contribution is -2.54. The monoisotopic (exact) mass is 615 g/mol. The van der Waals surface area contributed by atoms with Gasteiger partial charge < -0.3 is 23.7 Å². The Balaban J connectivity index is 4.99. The van der Waals surface area contributed by atoms with Crippen molar-refractivity contribution < 1.29 is 28.5 Å². The first-order chi connectivity index (χ1) is 19.0. The molecule has 0 aromatic rings. The molecule has 0 fully saturated rings. The molecular formula is C37H74O6. The minimum Gasteiger partial charge on any atom is -0.463 e. The van der Waals surface area contributed by atoms with Gasteiger partial charge in [-0.1, -0.05) is 69.2 Å². The van der Waals surface area contributed by atoms with Gasteiger partial charge in [0.05, 0.1) is 48.1 Å². The number of hydrogen-bond donors (Lipinski definition) is 0. The van der Waals surface area contributed by atoms with E-state index in [0.717, 1.165) is 25.9 Å². The highest BCUT2D eigenvalue weighted by molar-refractivity contribution is 5.73. The molecule has 2 atom stereocenters. The Labute approximate surface area is 268 Å². The largest absolute Gasteiger partial charge is 0.463 e.